The Morgan fingerprint density at radius 3 is 2.86 bits per heavy atom. The van der Waals surface area contributed by atoms with Crippen LogP contribution in [0.1, 0.15) is 49.1 Å². The van der Waals surface area contributed by atoms with Gasteiger partial charge in [-0.1, -0.05) is 0 Å². The zero-order valence-electron chi connectivity index (χ0n) is 13.3. The Hall–Kier alpha value is -1.65. The highest BCUT2D eigenvalue weighted by molar-refractivity contribution is 5.84. The van der Waals surface area contributed by atoms with E-state index in [1.54, 1.807) is 0 Å². The Morgan fingerprint density at radius 1 is 1.14 bits per heavy atom. The first kappa shape index (κ1) is 14.0. The van der Waals surface area contributed by atoms with Crippen molar-refractivity contribution in [3.05, 3.63) is 17.0 Å². The van der Waals surface area contributed by atoms with Gasteiger partial charge in [0.05, 0.1) is 5.41 Å². The maximum Gasteiger partial charge on any atom is 0.228 e. The highest BCUT2D eigenvalue weighted by Crippen LogP contribution is 2.39. The van der Waals surface area contributed by atoms with Crippen LogP contribution in [0.15, 0.2) is 0 Å². The number of nitrogens with zero attached hydrogens (tertiary/aromatic N) is 3. The Labute approximate surface area is 131 Å². The third-order valence-electron chi connectivity index (χ3n) is 5.61. The van der Waals surface area contributed by atoms with Gasteiger partial charge in [0.25, 0.3) is 0 Å². The predicted molar refractivity (Wildman–Crippen MR) is 84.9 cm³/mol. The largest absolute Gasteiger partial charge is 0.356 e. The van der Waals surface area contributed by atoms with Gasteiger partial charge in [-0.3, -0.25) is 4.79 Å². The van der Waals surface area contributed by atoms with Crippen LogP contribution in [0.2, 0.25) is 0 Å². The molecule has 5 nitrogen and oxygen atoms in total. The summed E-state index contributed by atoms with van der Waals surface area (Å²) in [6.45, 7) is 4.60. The summed E-state index contributed by atoms with van der Waals surface area (Å²) in [7, 11) is 0. The third kappa shape index (κ3) is 2.18. The fourth-order valence-electron chi connectivity index (χ4n) is 4.27. The Morgan fingerprint density at radius 2 is 2.00 bits per heavy atom. The first-order chi connectivity index (χ1) is 10.7. The van der Waals surface area contributed by atoms with E-state index in [0.717, 1.165) is 63.4 Å². The van der Waals surface area contributed by atoms with Crippen molar-refractivity contribution in [3.8, 4) is 0 Å². The van der Waals surface area contributed by atoms with Crippen molar-refractivity contribution in [2.75, 3.05) is 24.5 Å². The van der Waals surface area contributed by atoms with Gasteiger partial charge in [-0.25, -0.2) is 9.97 Å². The van der Waals surface area contributed by atoms with E-state index in [9.17, 15) is 4.79 Å². The molecule has 1 atom stereocenters. The van der Waals surface area contributed by atoms with Crippen molar-refractivity contribution in [2.24, 2.45) is 5.41 Å². The zero-order valence-corrected chi connectivity index (χ0v) is 13.3. The van der Waals surface area contributed by atoms with Crippen molar-refractivity contribution in [1.82, 2.24) is 15.3 Å². The van der Waals surface area contributed by atoms with Crippen LogP contribution in [0.4, 0.5) is 5.95 Å². The van der Waals surface area contributed by atoms with Gasteiger partial charge in [0.2, 0.25) is 11.9 Å². The van der Waals surface area contributed by atoms with E-state index in [4.69, 9.17) is 9.97 Å². The summed E-state index contributed by atoms with van der Waals surface area (Å²) in [5.41, 5.74) is 3.53. The predicted octanol–water partition coefficient (Wildman–Crippen LogP) is 1.77. The number of hydrogen-bond donors (Lipinski definition) is 1. The molecule has 1 aromatic rings. The number of hydrogen-bond acceptors (Lipinski definition) is 4. The summed E-state index contributed by atoms with van der Waals surface area (Å²) >= 11 is 0. The summed E-state index contributed by atoms with van der Waals surface area (Å²) in [6, 6.07) is 0. The molecule has 2 aliphatic heterocycles. The summed E-state index contributed by atoms with van der Waals surface area (Å²) in [5, 5.41) is 3.04. The number of aromatic nitrogens is 2. The molecule has 2 fully saturated rings. The van der Waals surface area contributed by atoms with Gasteiger partial charge in [0, 0.05) is 31.0 Å². The molecule has 1 aromatic heterocycles. The second-order valence-corrected chi connectivity index (χ2v) is 7.05. The molecule has 118 valence electrons. The molecule has 5 heteroatoms. The Kier molecular flexibility index (Phi) is 3.31. The molecule has 3 aliphatic rings. The minimum absolute atomic E-state index is 0.203. The second-order valence-electron chi connectivity index (χ2n) is 7.05. The molecule has 1 N–H and O–H groups in total. The number of aryl methyl sites for hydroxylation is 2. The smallest absolute Gasteiger partial charge is 0.228 e. The molecule has 2 saturated heterocycles. The highest BCUT2D eigenvalue weighted by Gasteiger charge is 2.46. The maximum absolute atomic E-state index is 12.3. The first-order valence-corrected chi connectivity index (χ1v) is 8.58. The van der Waals surface area contributed by atoms with Gasteiger partial charge in [-0.05, 0) is 57.4 Å². The highest BCUT2D eigenvalue weighted by atomic mass is 16.2. The minimum Gasteiger partial charge on any atom is -0.356 e. The van der Waals surface area contributed by atoms with Gasteiger partial charge >= 0.3 is 0 Å². The van der Waals surface area contributed by atoms with Crippen molar-refractivity contribution in [1.29, 1.82) is 0 Å². The van der Waals surface area contributed by atoms with Crippen LogP contribution in [0.25, 0.3) is 0 Å². The number of nitrogens with one attached hydrogen (secondary N) is 1. The van der Waals surface area contributed by atoms with Crippen molar-refractivity contribution in [2.45, 2.75) is 51.9 Å². The van der Waals surface area contributed by atoms with Gasteiger partial charge in [-0.15, -0.1) is 0 Å². The van der Waals surface area contributed by atoms with E-state index < -0.39 is 0 Å². The number of amides is 1. The molecule has 0 bridgehead atoms. The van der Waals surface area contributed by atoms with Crippen LogP contribution in [-0.4, -0.2) is 35.5 Å². The maximum atomic E-state index is 12.3. The molecule has 22 heavy (non-hydrogen) atoms. The minimum atomic E-state index is -0.203. The average Bonchev–Trinajstić information content (AvgIpc) is 2.96. The summed E-state index contributed by atoms with van der Waals surface area (Å²) in [5.74, 6) is 1.07. The van der Waals surface area contributed by atoms with Gasteiger partial charge in [0.15, 0.2) is 0 Å². The lowest BCUT2D eigenvalue weighted by atomic mass is 9.79. The molecule has 1 spiro atoms. The monoisotopic (exact) mass is 300 g/mol. The van der Waals surface area contributed by atoms with Crippen molar-refractivity contribution < 1.29 is 4.79 Å². The van der Waals surface area contributed by atoms with Crippen molar-refractivity contribution in [3.63, 3.8) is 0 Å². The molecule has 0 radical (unpaired) electrons. The summed E-state index contributed by atoms with van der Waals surface area (Å²) < 4.78 is 0. The normalized spacial score (nSPS) is 27.9. The van der Waals surface area contributed by atoms with E-state index in [1.165, 1.54) is 24.1 Å². The van der Waals surface area contributed by atoms with Crippen molar-refractivity contribution >= 4 is 11.9 Å². The van der Waals surface area contributed by atoms with Crippen LogP contribution in [0, 0.1) is 12.3 Å². The fourth-order valence-corrected chi connectivity index (χ4v) is 4.27. The lowest BCUT2D eigenvalue weighted by molar-refractivity contribution is -0.132. The number of carbonyl (C=O) groups excluding carboxylic acids is 1. The van der Waals surface area contributed by atoms with Crippen LogP contribution >= 0.6 is 0 Å². The van der Waals surface area contributed by atoms with E-state index in [0.29, 0.717) is 0 Å². The Bertz CT molecular complexity index is 615. The van der Waals surface area contributed by atoms with Gasteiger partial charge in [-0.2, -0.15) is 0 Å². The standard InChI is InChI=1S/C17H24N4O/c1-12-13-5-2-3-6-14(13)20-16(19-12)21-10-8-17(11-21)7-4-9-18-15(17)22/h2-11H2,1H3,(H,18,22)/t17-/m1/s1. The van der Waals surface area contributed by atoms with Crippen LogP contribution < -0.4 is 10.2 Å². The number of fused-ring (bicyclic) bond motifs is 1. The lowest BCUT2D eigenvalue weighted by Crippen LogP contribution is -2.47. The SMILES string of the molecule is Cc1nc(N2CC[C@]3(CCCNC3=O)C2)nc2c1CCCC2. The zero-order chi connectivity index (χ0) is 15.2. The summed E-state index contributed by atoms with van der Waals surface area (Å²) in [4.78, 5) is 24.1. The number of anilines is 1. The van der Waals surface area contributed by atoms with Crippen LogP contribution in [0.5, 0.6) is 0 Å². The van der Waals surface area contributed by atoms with E-state index in [-0.39, 0.29) is 11.3 Å². The molecule has 1 amide bonds. The molecule has 1 aliphatic carbocycles. The second kappa shape index (κ2) is 5.21. The first-order valence-electron chi connectivity index (χ1n) is 8.58. The van der Waals surface area contributed by atoms with E-state index in [2.05, 4.69) is 17.1 Å². The topological polar surface area (TPSA) is 58.1 Å². The fraction of sp³-hybridized carbons (Fsp3) is 0.706. The van der Waals surface area contributed by atoms with Crippen LogP contribution in [-0.2, 0) is 17.6 Å². The molecule has 0 aromatic carbocycles. The number of carbonyl (C=O) groups is 1. The Balaban J connectivity index is 1.61. The molecular formula is C17H24N4O. The average molecular weight is 300 g/mol. The molecular weight excluding hydrogens is 276 g/mol. The third-order valence-corrected chi connectivity index (χ3v) is 5.61. The summed E-state index contributed by atoms with van der Waals surface area (Å²) in [6.07, 6.45) is 7.69. The molecule has 3 heterocycles. The molecule has 4 rings (SSSR count). The molecule has 0 saturated carbocycles. The van der Waals surface area contributed by atoms with Gasteiger partial charge < -0.3 is 10.2 Å². The lowest BCUT2D eigenvalue weighted by Gasteiger charge is -2.32. The molecule has 0 unspecified atom stereocenters. The van der Waals surface area contributed by atoms with E-state index in [1.807, 2.05) is 0 Å². The van der Waals surface area contributed by atoms with Crippen LogP contribution in [0.3, 0.4) is 0 Å². The van der Waals surface area contributed by atoms with Gasteiger partial charge in [0.1, 0.15) is 0 Å². The van der Waals surface area contributed by atoms with E-state index >= 15 is 0 Å². The number of rotatable bonds is 1. The quantitative estimate of drug-likeness (QED) is 0.859. The number of piperidine rings is 1.